The number of aliphatic carboxylic acids is 1. The van der Waals surface area contributed by atoms with Gasteiger partial charge in [-0.05, 0) is 67.6 Å². The molecule has 0 aliphatic heterocycles. The van der Waals surface area contributed by atoms with Crippen molar-refractivity contribution in [3.05, 3.63) is 0 Å². The van der Waals surface area contributed by atoms with Crippen LogP contribution in [0.2, 0.25) is 0 Å². The van der Waals surface area contributed by atoms with E-state index < -0.39 is 17.8 Å². The van der Waals surface area contributed by atoms with Gasteiger partial charge < -0.3 is 9.84 Å². The van der Waals surface area contributed by atoms with E-state index in [0.717, 1.165) is 12.8 Å². The Morgan fingerprint density at radius 1 is 1.07 bits per heavy atom. The van der Waals surface area contributed by atoms with Crippen molar-refractivity contribution < 1.29 is 19.4 Å². The van der Waals surface area contributed by atoms with Gasteiger partial charge in [-0.3, -0.25) is 9.59 Å². The Balaban J connectivity index is 2.00. The van der Waals surface area contributed by atoms with Gasteiger partial charge in [0.2, 0.25) is 0 Å². The van der Waals surface area contributed by atoms with Gasteiger partial charge in [-0.1, -0.05) is 47.5 Å². The lowest BCUT2D eigenvalue weighted by Gasteiger charge is -2.48. The summed E-state index contributed by atoms with van der Waals surface area (Å²) in [5.74, 6) is -0.162. The topological polar surface area (TPSA) is 63.6 Å². The molecule has 4 heteroatoms. The first-order valence-electron chi connectivity index (χ1n) is 11.1. The first-order chi connectivity index (χ1) is 12.7. The molecule has 2 rings (SSSR count). The molecule has 0 saturated heterocycles. The van der Waals surface area contributed by atoms with E-state index in [-0.39, 0.29) is 11.4 Å². The van der Waals surface area contributed by atoms with Crippen LogP contribution in [0, 0.1) is 40.9 Å². The molecule has 0 aromatic rings. The van der Waals surface area contributed by atoms with Crippen LogP contribution in [0.25, 0.3) is 0 Å². The van der Waals surface area contributed by atoms with E-state index in [1.807, 2.05) is 0 Å². The van der Waals surface area contributed by atoms with Crippen LogP contribution in [-0.2, 0) is 14.3 Å². The molecule has 2 aliphatic carbocycles. The Morgan fingerprint density at radius 2 is 1.78 bits per heavy atom. The van der Waals surface area contributed by atoms with E-state index >= 15 is 0 Å². The fourth-order valence-corrected chi connectivity index (χ4v) is 5.47. The van der Waals surface area contributed by atoms with Gasteiger partial charge in [0.25, 0.3) is 0 Å². The van der Waals surface area contributed by atoms with Crippen molar-refractivity contribution in [2.24, 2.45) is 40.9 Å². The maximum Gasteiger partial charge on any atom is 0.309 e. The summed E-state index contributed by atoms with van der Waals surface area (Å²) in [4.78, 5) is 24.3. The third-order valence-corrected chi connectivity index (χ3v) is 7.81. The van der Waals surface area contributed by atoms with Crippen molar-refractivity contribution in [1.29, 1.82) is 0 Å². The van der Waals surface area contributed by atoms with E-state index in [1.54, 1.807) is 0 Å². The van der Waals surface area contributed by atoms with E-state index in [4.69, 9.17) is 4.74 Å². The molecule has 6 atom stereocenters. The van der Waals surface area contributed by atoms with Crippen LogP contribution < -0.4 is 0 Å². The number of carboxylic acid groups (broad SMARTS) is 1. The quantitative estimate of drug-likeness (QED) is 0.589. The van der Waals surface area contributed by atoms with Crippen LogP contribution in [-0.4, -0.2) is 23.7 Å². The van der Waals surface area contributed by atoms with Crippen molar-refractivity contribution in [2.75, 3.05) is 6.61 Å². The third-order valence-electron chi connectivity index (χ3n) is 7.81. The first kappa shape index (κ1) is 22.2. The highest BCUT2D eigenvalue weighted by Gasteiger charge is 2.44. The van der Waals surface area contributed by atoms with Gasteiger partial charge in [0, 0.05) is 0 Å². The molecule has 0 aromatic carbocycles. The highest BCUT2D eigenvalue weighted by Crippen LogP contribution is 2.50. The van der Waals surface area contributed by atoms with Crippen LogP contribution >= 0.6 is 0 Å². The number of esters is 1. The molecule has 0 spiro atoms. The molecular weight excluding hydrogens is 340 g/mol. The summed E-state index contributed by atoms with van der Waals surface area (Å²) in [5.41, 5.74) is 0.258. The summed E-state index contributed by atoms with van der Waals surface area (Å²) >= 11 is 0. The van der Waals surface area contributed by atoms with Crippen LogP contribution in [0.3, 0.4) is 0 Å². The molecule has 156 valence electrons. The third kappa shape index (κ3) is 5.26. The van der Waals surface area contributed by atoms with Gasteiger partial charge in [0.15, 0.2) is 0 Å². The summed E-state index contributed by atoms with van der Waals surface area (Å²) in [6, 6.07) is 0. The number of hydrogen-bond donors (Lipinski definition) is 1. The van der Waals surface area contributed by atoms with Gasteiger partial charge in [-0.15, -0.1) is 0 Å². The zero-order valence-electron chi connectivity index (χ0n) is 18.0. The Labute approximate surface area is 165 Å². The Kier molecular flexibility index (Phi) is 7.76. The molecule has 2 aliphatic rings. The van der Waals surface area contributed by atoms with E-state index in [0.29, 0.717) is 43.1 Å². The minimum Gasteiger partial charge on any atom is -0.481 e. The van der Waals surface area contributed by atoms with Crippen molar-refractivity contribution in [2.45, 2.75) is 86.0 Å². The molecule has 1 N–H and O–H groups in total. The molecule has 0 heterocycles. The van der Waals surface area contributed by atoms with E-state index in [2.05, 4.69) is 34.6 Å². The Bertz CT molecular complexity index is 513. The largest absolute Gasteiger partial charge is 0.481 e. The zero-order chi connectivity index (χ0) is 20.2. The fraction of sp³-hybridized carbons (Fsp3) is 0.913. The van der Waals surface area contributed by atoms with Crippen LogP contribution in [0.4, 0.5) is 0 Å². The van der Waals surface area contributed by atoms with E-state index in [9.17, 15) is 14.7 Å². The van der Waals surface area contributed by atoms with Crippen molar-refractivity contribution in [1.82, 2.24) is 0 Å². The Hall–Kier alpha value is -1.06. The molecule has 2 saturated carbocycles. The summed E-state index contributed by atoms with van der Waals surface area (Å²) in [5, 5.41) is 9.52. The van der Waals surface area contributed by atoms with Crippen LogP contribution in [0.15, 0.2) is 0 Å². The van der Waals surface area contributed by atoms with Crippen molar-refractivity contribution >= 4 is 11.9 Å². The molecular formula is C23H40O4. The second kappa shape index (κ2) is 9.43. The molecule has 6 unspecified atom stereocenters. The van der Waals surface area contributed by atoms with Crippen molar-refractivity contribution in [3.63, 3.8) is 0 Å². The summed E-state index contributed by atoms with van der Waals surface area (Å²) in [7, 11) is 0. The highest BCUT2D eigenvalue weighted by molar-refractivity contribution is 5.81. The number of unbranched alkanes of at least 4 members (excludes halogenated alkanes) is 1. The monoisotopic (exact) mass is 380 g/mol. The predicted octanol–water partition coefficient (Wildman–Crippen LogP) is 5.55. The lowest BCUT2D eigenvalue weighted by Crippen LogP contribution is -2.43. The minimum atomic E-state index is -0.850. The van der Waals surface area contributed by atoms with Crippen molar-refractivity contribution in [3.8, 4) is 0 Å². The highest BCUT2D eigenvalue weighted by atomic mass is 16.5. The summed E-state index contributed by atoms with van der Waals surface area (Å²) in [6.45, 7) is 11.8. The van der Waals surface area contributed by atoms with Gasteiger partial charge in [0.1, 0.15) is 0 Å². The minimum absolute atomic E-state index is 0.258. The molecule has 2 fully saturated rings. The molecule has 0 bridgehead atoms. The molecule has 0 aromatic heterocycles. The number of rotatable bonds is 7. The van der Waals surface area contributed by atoms with Crippen LogP contribution in [0.5, 0.6) is 0 Å². The van der Waals surface area contributed by atoms with Crippen LogP contribution in [0.1, 0.15) is 86.0 Å². The number of carboxylic acids is 1. The lowest BCUT2D eigenvalue weighted by molar-refractivity contribution is -0.163. The Morgan fingerprint density at radius 3 is 2.41 bits per heavy atom. The number of carbonyl (C=O) groups excluding carboxylic acids is 1. The second-order valence-corrected chi connectivity index (χ2v) is 9.91. The van der Waals surface area contributed by atoms with E-state index in [1.165, 1.54) is 25.7 Å². The number of carbonyl (C=O) groups is 2. The maximum atomic E-state index is 12.7. The predicted molar refractivity (Wildman–Crippen MR) is 107 cm³/mol. The zero-order valence-corrected chi connectivity index (χ0v) is 18.0. The molecule has 4 nitrogen and oxygen atoms in total. The summed E-state index contributed by atoms with van der Waals surface area (Å²) in [6.07, 6.45) is 8.02. The van der Waals surface area contributed by atoms with Gasteiger partial charge in [0.05, 0.1) is 18.4 Å². The molecule has 0 amide bonds. The average Bonchev–Trinajstić information content (AvgIpc) is 2.61. The maximum absolute atomic E-state index is 12.7. The van der Waals surface area contributed by atoms with Gasteiger partial charge in [-0.25, -0.2) is 0 Å². The summed E-state index contributed by atoms with van der Waals surface area (Å²) < 4.78 is 5.77. The van der Waals surface area contributed by atoms with Gasteiger partial charge in [-0.2, -0.15) is 0 Å². The molecule has 27 heavy (non-hydrogen) atoms. The van der Waals surface area contributed by atoms with Gasteiger partial charge >= 0.3 is 11.9 Å². The average molecular weight is 381 g/mol. The first-order valence-corrected chi connectivity index (χ1v) is 11.1. The lowest BCUT2D eigenvalue weighted by atomic mass is 9.57. The number of ether oxygens (including phenoxy) is 1. The fourth-order valence-electron chi connectivity index (χ4n) is 5.47. The standard InChI is InChI=1S/C23H40O4/c1-6-7-8-20-17(11-10-16(3)23(20,4)5)14-27-22(26)18-12-9-15(2)13-19(18)21(24)25/h15-20H,6-14H2,1-5H3,(H,24,25). The second-order valence-electron chi connectivity index (χ2n) is 9.91. The molecule has 0 radical (unpaired) electrons. The number of hydrogen-bond acceptors (Lipinski definition) is 3. The SMILES string of the molecule is CCCCC1C(COC(=O)C2CCC(C)CC2C(=O)O)CCC(C)C1(C)C. The normalized spacial score (nSPS) is 36.2. The smallest absolute Gasteiger partial charge is 0.309 e.